The number of carbonyl (C=O) groups is 3. The molecule has 13 heteroatoms. The van der Waals surface area contributed by atoms with Crippen molar-refractivity contribution in [3.05, 3.63) is 65.7 Å². The van der Waals surface area contributed by atoms with Crippen LogP contribution in [0, 0.1) is 28.1 Å². The lowest BCUT2D eigenvalue weighted by Crippen LogP contribution is -2.63. The summed E-state index contributed by atoms with van der Waals surface area (Å²) in [6.45, 7) is 19.8. The van der Waals surface area contributed by atoms with Crippen molar-refractivity contribution in [1.82, 2.24) is 0 Å². The molecule has 5 unspecified atom stereocenters. The first-order chi connectivity index (χ1) is 26.7. The molecule has 3 fully saturated rings. The fourth-order valence-corrected chi connectivity index (χ4v) is 6.64. The molecule has 0 amide bonds. The Bertz CT molecular complexity index is 1640. The largest absolute Gasteiger partial charge is 0.497 e. The molecule has 13 nitrogen and oxygen atoms in total. The van der Waals surface area contributed by atoms with Gasteiger partial charge in [-0.25, -0.2) is 0 Å². The van der Waals surface area contributed by atoms with Crippen LogP contribution in [-0.4, -0.2) is 87.4 Å². The van der Waals surface area contributed by atoms with Crippen LogP contribution in [0.2, 0.25) is 0 Å². The van der Waals surface area contributed by atoms with Gasteiger partial charge >= 0.3 is 17.9 Å². The predicted octanol–water partition coefficient (Wildman–Crippen LogP) is 6.94. The van der Waals surface area contributed by atoms with Gasteiger partial charge < -0.3 is 47.4 Å². The molecule has 0 saturated carbocycles. The lowest BCUT2D eigenvalue weighted by atomic mass is 9.87. The maximum Gasteiger partial charge on any atom is 0.311 e. The fourth-order valence-electron chi connectivity index (χ4n) is 6.64. The minimum absolute atomic E-state index is 0.163. The van der Waals surface area contributed by atoms with Crippen molar-refractivity contribution in [3.8, 4) is 5.75 Å². The van der Waals surface area contributed by atoms with Gasteiger partial charge in [0.15, 0.2) is 31.1 Å². The number of hydrogen-bond donors (Lipinski definition) is 0. The third kappa shape index (κ3) is 11.1. The van der Waals surface area contributed by atoms with Gasteiger partial charge in [0.05, 0.1) is 48.8 Å². The van der Waals surface area contributed by atoms with Gasteiger partial charge in [-0.05, 0) is 80.0 Å². The first-order valence-electron chi connectivity index (χ1n) is 19.8. The molecular weight excluding hydrogens is 736 g/mol. The second kappa shape index (κ2) is 18.1. The first kappa shape index (κ1) is 44.5. The summed E-state index contributed by atoms with van der Waals surface area (Å²) >= 11 is 0. The van der Waals surface area contributed by atoms with Crippen molar-refractivity contribution >= 4 is 17.9 Å². The van der Waals surface area contributed by atoms with Gasteiger partial charge in [0, 0.05) is 17.4 Å². The van der Waals surface area contributed by atoms with E-state index >= 15 is 0 Å². The van der Waals surface area contributed by atoms with Gasteiger partial charge in [0.1, 0.15) is 24.6 Å². The van der Waals surface area contributed by atoms with Crippen LogP contribution in [0.25, 0.3) is 0 Å². The number of rotatable bonds is 11. The van der Waals surface area contributed by atoms with Crippen LogP contribution in [0.1, 0.15) is 93.6 Å². The summed E-state index contributed by atoms with van der Waals surface area (Å²) in [5, 5.41) is 0. The summed E-state index contributed by atoms with van der Waals surface area (Å²) in [6, 6.07) is 17.0. The van der Waals surface area contributed by atoms with Crippen LogP contribution in [-0.2, 0) is 63.6 Å². The molecule has 0 N–H and O–H groups in total. The van der Waals surface area contributed by atoms with Gasteiger partial charge in [0.25, 0.3) is 0 Å². The van der Waals surface area contributed by atoms with Crippen LogP contribution in [0.4, 0.5) is 0 Å². The standard InChI is InChI=1S/C44H62O13/c1-25-33(31(24-51-39(45)42(3,4)5)52-37(34(25)56-40(46)43(6,7)8)49-22-27-16-14-13-15-17-27)55-38-35(57-41(47)44(9,10)11)26(2)32-30(53-38)23-50-36(54-32)28-18-20-29(48-12)21-19-28/h13-21,25-26,30-38H,22-24H2,1-12H3/t25-,26-,30?,31?,32+,33-,34?,35?,36?,37+,38-/m0/s1. The Labute approximate surface area is 337 Å². The number of fused-ring (bicyclic) bond motifs is 1. The molecule has 2 aromatic rings. The first-order valence-corrected chi connectivity index (χ1v) is 19.8. The Morgan fingerprint density at radius 2 is 1.26 bits per heavy atom. The van der Waals surface area contributed by atoms with Gasteiger partial charge in [-0.2, -0.15) is 0 Å². The van der Waals surface area contributed by atoms with Crippen molar-refractivity contribution in [2.45, 2.75) is 138 Å². The van der Waals surface area contributed by atoms with Crippen molar-refractivity contribution in [1.29, 1.82) is 0 Å². The highest BCUT2D eigenvalue weighted by atomic mass is 16.8. The van der Waals surface area contributed by atoms with E-state index in [1.54, 1.807) is 69.4 Å². The van der Waals surface area contributed by atoms with Gasteiger partial charge in [0.2, 0.25) is 0 Å². The predicted molar refractivity (Wildman–Crippen MR) is 207 cm³/mol. The molecule has 3 aliphatic heterocycles. The maximum absolute atomic E-state index is 13.6. The highest BCUT2D eigenvalue weighted by molar-refractivity contribution is 5.76. The molecular formula is C44H62O13. The summed E-state index contributed by atoms with van der Waals surface area (Å²) in [4.78, 5) is 40.1. The molecule has 2 aromatic carbocycles. The molecule has 0 bridgehead atoms. The number of benzene rings is 2. The van der Waals surface area contributed by atoms with E-state index in [-0.39, 0.29) is 19.8 Å². The van der Waals surface area contributed by atoms with Crippen LogP contribution in [0.5, 0.6) is 5.75 Å². The molecule has 57 heavy (non-hydrogen) atoms. The third-order valence-corrected chi connectivity index (χ3v) is 10.3. The highest BCUT2D eigenvalue weighted by Gasteiger charge is 2.55. The average Bonchev–Trinajstić information content (AvgIpc) is 3.15. The topological polar surface area (TPSA) is 144 Å². The van der Waals surface area contributed by atoms with Gasteiger partial charge in [-0.3, -0.25) is 14.4 Å². The zero-order valence-electron chi connectivity index (χ0n) is 35.5. The summed E-state index contributed by atoms with van der Waals surface area (Å²) in [5.74, 6) is -1.68. The molecule has 0 aliphatic carbocycles. The van der Waals surface area contributed by atoms with Crippen molar-refractivity contribution in [2.24, 2.45) is 28.1 Å². The summed E-state index contributed by atoms with van der Waals surface area (Å²) in [5.41, 5.74) is -0.795. The van der Waals surface area contributed by atoms with E-state index < -0.39 is 101 Å². The summed E-state index contributed by atoms with van der Waals surface area (Å²) < 4.78 is 62.6. The van der Waals surface area contributed by atoms with E-state index in [1.807, 2.05) is 68.4 Å². The van der Waals surface area contributed by atoms with Crippen LogP contribution in [0.3, 0.4) is 0 Å². The third-order valence-electron chi connectivity index (χ3n) is 10.3. The van der Waals surface area contributed by atoms with E-state index in [0.717, 1.165) is 11.1 Å². The molecule has 11 atom stereocenters. The Balaban J connectivity index is 1.47. The molecule has 0 aromatic heterocycles. The molecule has 0 spiro atoms. The van der Waals surface area contributed by atoms with Crippen LogP contribution < -0.4 is 4.74 Å². The minimum Gasteiger partial charge on any atom is -0.497 e. The Morgan fingerprint density at radius 3 is 1.82 bits per heavy atom. The molecule has 5 rings (SSSR count). The monoisotopic (exact) mass is 798 g/mol. The second-order valence-electron chi connectivity index (χ2n) is 18.3. The SMILES string of the molecule is COc1ccc(C2OCC3O[C@@H](O[C@@H]4C(COC(=O)C(C)(C)C)O[C@@H](OCc5ccccc5)C(OC(=O)C(C)(C)C)[C@H]4C)C(OC(=O)C(C)(C)C)[C@@H](C)[C@H]3O2)cc1. The normalized spacial score (nSPS) is 30.8. The molecule has 316 valence electrons. The lowest BCUT2D eigenvalue weighted by Gasteiger charge is -2.51. The van der Waals surface area contributed by atoms with E-state index in [4.69, 9.17) is 47.4 Å². The molecule has 3 saturated heterocycles. The van der Waals surface area contributed by atoms with Crippen LogP contribution >= 0.6 is 0 Å². The zero-order valence-corrected chi connectivity index (χ0v) is 35.5. The molecule has 3 heterocycles. The number of carbonyl (C=O) groups excluding carboxylic acids is 3. The Hall–Kier alpha value is -3.59. The van der Waals surface area contributed by atoms with Gasteiger partial charge in [-0.15, -0.1) is 0 Å². The zero-order chi connectivity index (χ0) is 41.9. The summed E-state index contributed by atoms with van der Waals surface area (Å²) in [6.07, 6.45) is -7.74. The number of ether oxygens (including phenoxy) is 10. The van der Waals surface area contributed by atoms with Gasteiger partial charge in [-0.1, -0.05) is 56.3 Å². The number of methoxy groups -OCH3 is 1. The minimum atomic E-state index is -1.14. The van der Waals surface area contributed by atoms with E-state index in [1.165, 1.54) is 0 Å². The lowest BCUT2D eigenvalue weighted by molar-refractivity contribution is -0.377. The van der Waals surface area contributed by atoms with E-state index in [2.05, 4.69) is 0 Å². The van der Waals surface area contributed by atoms with E-state index in [9.17, 15) is 14.4 Å². The summed E-state index contributed by atoms with van der Waals surface area (Å²) in [7, 11) is 1.60. The molecule has 0 radical (unpaired) electrons. The average molecular weight is 799 g/mol. The van der Waals surface area contributed by atoms with Crippen LogP contribution in [0.15, 0.2) is 54.6 Å². The van der Waals surface area contributed by atoms with Crippen molar-refractivity contribution in [2.75, 3.05) is 20.3 Å². The highest BCUT2D eigenvalue weighted by Crippen LogP contribution is 2.42. The number of esters is 3. The molecule has 3 aliphatic rings. The van der Waals surface area contributed by atoms with Crippen molar-refractivity contribution in [3.63, 3.8) is 0 Å². The Morgan fingerprint density at radius 1 is 0.684 bits per heavy atom. The van der Waals surface area contributed by atoms with E-state index in [0.29, 0.717) is 5.75 Å². The fraction of sp³-hybridized carbons (Fsp3) is 0.659. The smallest absolute Gasteiger partial charge is 0.311 e. The number of hydrogen-bond acceptors (Lipinski definition) is 13. The Kier molecular flexibility index (Phi) is 14.2. The van der Waals surface area contributed by atoms with Crippen molar-refractivity contribution < 1.29 is 61.8 Å². The quantitative estimate of drug-likeness (QED) is 0.171. The second-order valence-corrected chi connectivity index (χ2v) is 18.3. The maximum atomic E-state index is 13.6.